The van der Waals surface area contributed by atoms with Gasteiger partial charge in [0.2, 0.25) is 5.13 Å². The van der Waals surface area contributed by atoms with Gasteiger partial charge >= 0.3 is 5.91 Å². The molecule has 0 saturated carbocycles. The van der Waals surface area contributed by atoms with E-state index < -0.39 is 17.7 Å². The third kappa shape index (κ3) is 4.77. The van der Waals surface area contributed by atoms with E-state index in [1.807, 2.05) is 24.3 Å². The van der Waals surface area contributed by atoms with E-state index in [0.29, 0.717) is 31.3 Å². The van der Waals surface area contributed by atoms with E-state index in [2.05, 4.69) is 10.2 Å². The van der Waals surface area contributed by atoms with Crippen LogP contribution in [0.15, 0.2) is 88.8 Å². The highest BCUT2D eigenvalue weighted by atomic mass is 35.5. The molecule has 1 N–H and O–H groups in total. The van der Waals surface area contributed by atoms with Crippen LogP contribution in [-0.2, 0) is 15.3 Å². The number of hydrogen-bond acceptors (Lipinski definition) is 7. The molecule has 0 aliphatic carbocycles. The first-order valence-electron chi connectivity index (χ1n) is 10.8. The van der Waals surface area contributed by atoms with Gasteiger partial charge < -0.3 is 5.11 Å². The number of rotatable bonds is 6. The Labute approximate surface area is 225 Å². The van der Waals surface area contributed by atoms with Crippen LogP contribution < -0.4 is 4.90 Å². The number of aromatic nitrogens is 2. The molecule has 2 heterocycles. The van der Waals surface area contributed by atoms with Crippen molar-refractivity contribution in [2.75, 3.05) is 4.90 Å². The minimum absolute atomic E-state index is 0.0195. The van der Waals surface area contributed by atoms with E-state index in [1.54, 1.807) is 54.6 Å². The summed E-state index contributed by atoms with van der Waals surface area (Å²) >= 11 is 15.0. The van der Waals surface area contributed by atoms with Crippen LogP contribution in [0.1, 0.15) is 22.7 Å². The Morgan fingerprint density at radius 1 is 0.944 bits per heavy atom. The van der Waals surface area contributed by atoms with Gasteiger partial charge in [0, 0.05) is 21.4 Å². The molecule has 36 heavy (non-hydrogen) atoms. The SMILES string of the molecule is O=C1C(=O)N(c2nnc(SCc3ccccc3Cl)s2)C(c2ccc(Cl)cc2)/C1=C(/O)c1ccccc1. The van der Waals surface area contributed by atoms with Crippen LogP contribution in [0.3, 0.4) is 0 Å². The Kier molecular flexibility index (Phi) is 7.11. The van der Waals surface area contributed by atoms with Crippen molar-refractivity contribution in [3.05, 3.63) is 111 Å². The Hall–Kier alpha value is -3.17. The molecule has 0 bridgehead atoms. The molecule has 4 aromatic rings. The fraction of sp³-hybridized carbons (Fsp3) is 0.0769. The summed E-state index contributed by atoms with van der Waals surface area (Å²) in [4.78, 5) is 27.8. The second-order valence-corrected chi connectivity index (χ2v) is 10.8. The van der Waals surface area contributed by atoms with E-state index in [9.17, 15) is 14.7 Å². The third-order valence-corrected chi connectivity index (χ3v) is 8.31. The highest BCUT2D eigenvalue weighted by Crippen LogP contribution is 2.44. The number of aliphatic hydroxyl groups is 1. The molecule has 0 radical (unpaired) electrons. The van der Waals surface area contributed by atoms with Gasteiger partial charge in [0.25, 0.3) is 5.78 Å². The number of ketones is 1. The number of carbonyl (C=O) groups excluding carboxylic acids is 2. The molecule has 3 aromatic carbocycles. The largest absolute Gasteiger partial charge is 0.507 e. The summed E-state index contributed by atoms with van der Waals surface area (Å²) in [5.41, 5.74) is 1.97. The number of benzene rings is 3. The lowest BCUT2D eigenvalue weighted by Crippen LogP contribution is -2.29. The topological polar surface area (TPSA) is 83.4 Å². The van der Waals surface area contributed by atoms with Gasteiger partial charge in [0.05, 0.1) is 11.6 Å². The molecular formula is C26H17Cl2N3O3S2. The zero-order chi connectivity index (χ0) is 25.2. The van der Waals surface area contributed by atoms with E-state index in [0.717, 1.165) is 5.56 Å². The maximum Gasteiger partial charge on any atom is 0.301 e. The fourth-order valence-electron chi connectivity index (χ4n) is 3.85. The van der Waals surface area contributed by atoms with Crippen molar-refractivity contribution in [2.24, 2.45) is 0 Å². The molecule has 180 valence electrons. The predicted octanol–water partition coefficient (Wildman–Crippen LogP) is 6.76. The molecule has 10 heteroatoms. The number of aliphatic hydroxyl groups excluding tert-OH is 1. The zero-order valence-electron chi connectivity index (χ0n) is 18.5. The lowest BCUT2D eigenvalue weighted by Gasteiger charge is -2.22. The number of Topliss-reactive ketones (excluding diaryl/α,β-unsaturated/α-hetero) is 1. The lowest BCUT2D eigenvalue weighted by molar-refractivity contribution is -0.132. The number of nitrogens with zero attached hydrogens (tertiary/aromatic N) is 3. The Bertz CT molecular complexity index is 1470. The summed E-state index contributed by atoms with van der Waals surface area (Å²) in [7, 11) is 0. The van der Waals surface area contributed by atoms with Crippen LogP contribution in [0.5, 0.6) is 0 Å². The summed E-state index contributed by atoms with van der Waals surface area (Å²) in [5, 5.41) is 21.0. The Balaban J connectivity index is 1.54. The first-order chi connectivity index (χ1) is 17.4. The Morgan fingerprint density at radius 2 is 1.64 bits per heavy atom. The van der Waals surface area contributed by atoms with Crippen molar-refractivity contribution < 1.29 is 14.7 Å². The first-order valence-corrected chi connectivity index (χ1v) is 13.3. The second-order valence-electron chi connectivity index (χ2n) is 7.82. The number of halogens is 2. The average Bonchev–Trinajstić information content (AvgIpc) is 3.46. The minimum atomic E-state index is -0.892. The zero-order valence-corrected chi connectivity index (χ0v) is 21.6. The number of thioether (sulfide) groups is 1. The summed E-state index contributed by atoms with van der Waals surface area (Å²) < 4.78 is 0.615. The molecule has 1 aliphatic heterocycles. The van der Waals surface area contributed by atoms with Gasteiger partial charge in [-0.15, -0.1) is 10.2 Å². The molecule has 1 amide bonds. The number of hydrogen-bond donors (Lipinski definition) is 1. The van der Waals surface area contributed by atoms with Crippen molar-refractivity contribution >= 4 is 68.9 Å². The van der Waals surface area contributed by atoms with Gasteiger partial charge in [-0.1, -0.05) is 107 Å². The van der Waals surface area contributed by atoms with Gasteiger partial charge in [0.1, 0.15) is 5.76 Å². The van der Waals surface area contributed by atoms with Crippen molar-refractivity contribution in [1.82, 2.24) is 10.2 Å². The molecule has 1 fully saturated rings. The smallest absolute Gasteiger partial charge is 0.301 e. The summed E-state index contributed by atoms with van der Waals surface area (Å²) in [5.74, 6) is -1.26. The maximum absolute atomic E-state index is 13.3. The number of carbonyl (C=O) groups is 2. The van der Waals surface area contributed by atoms with E-state index >= 15 is 0 Å². The molecule has 1 unspecified atom stereocenters. The normalized spacial score (nSPS) is 17.1. The highest BCUT2D eigenvalue weighted by molar-refractivity contribution is 8.00. The number of anilines is 1. The summed E-state index contributed by atoms with van der Waals surface area (Å²) in [6.07, 6.45) is 0. The lowest BCUT2D eigenvalue weighted by atomic mass is 9.95. The highest BCUT2D eigenvalue weighted by Gasteiger charge is 2.48. The standard InChI is InChI=1S/C26H17Cl2N3O3S2/c27-18-12-10-15(11-13-18)21-20(22(32)16-6-2-1-3-7-16)23(33)24(34)31(21)25-29-30-26(36-25)35-14-17-8-4-5-9-19(17)28/h1-13,21,32H,14H2/b22-20-. The molecule has 6 nitrogen and oxygen atoms in total. The molecule has 1 aromatic heterocycles. The molecular weight excluding hydrogens is 537 g/mol. The minimum Gasteiger partial charge on any atom is -0.507 e. The molecule has 5 rings (SSSR count). The van der Waals surface area contributed by atoms with E-state index in [4.69, 9.17) is 23.2 Å². The van der Waals surface area contributed by atoms with E-state index in [1.165, 1.54) is 28.0 Å². The van der Waals surface area contributed by atoms with E-state index in [-0.39, 0.29) is 16.5 Å². The van der Waals surface area contributed by atoms with Crippen LogP contribution in [0.4, 0.5) is 5.13 Å². The predicted molar refractivity (Wildman–Crippen MR) is 144 cm³/mol. The first kappa shape index (κ1) is 24.5. The van der Waals surface area contributed by atoms with Crippen LogP contribution in [-0.4, -0.2) is 27.0 Å². The average molecular weight is 554 g/mol. The van der Waals surface area contributed by atoms with Crippen LogP contribution in [0.2, 0.25) is 10.0 Å². The van der Waals surface area contributed by atoms with Gasteiger partial charge in [0.15, 0.2) is 4.34 Å². The monoisotopic (exact) mass is 553 g/mol. The third-order valence-electron chi connectivity index (χ3n) is 5.59. The molecule has 0 spiro atoms. The quantitative estimate of drug-likeness (QED) is 0.0932. The van der Waals surface area contributed by atoms with Crippen LogP contribution in [0, 0.1) is 0 Å². The van der Waals surface area contributed by atoms with Crippen molar-refractivity contribution in [3.8, 4) is 0 Å². The van der Waals surface area contributed by atoms with Gasteiger partial charge in [-0.05, 0) is 29.3 Å². The fourth-order valence-corrected chi connectivity index (χ4v) is 6.13. The van der Waals surface area contributed by atoms with Crippen molar-refractivity contribution in [1.29, 1.82) is 0 Å². The maximum atomic E-state index is 13.3. The Morgan fingerprint density at radius 3 is 2.36 bits per heavy atom. The number of amides is 1. The summed E-state index contributed by atoms with van der Waals surface area (Å²) in [6.45, 7) is 0. The van der Waals surface area contributed by atoms with Crippen molar-refractivity contribution in [3.63, 3.8) is 0 Å². The summed E-state index contributed by atoms with van der Waals surface area (Å²) in [6, 6.07) is 22.1. The van der Waals surface area contributed by atoms with Gasteiger partial charge in [-0.3, -0.25) is 14.5 Å². The van der Waals surface area contributed by atoms with Crippen molar-refractivity contribution in [2.45, 2.75) is 16.1 Å². The molecule has 1 saturated heterocycles. The second kappa shape index (κ2) is 10.4. The van der Waals surface area contributed by atoms with Gasteiger partial charge in [-0.2, -0.15) is 0 Å². The van der Waals surface area contributed by atoms with Gasteiger partial charge in [-0.25, -0.2) is 0 Å². The molecule has 1 atom stereocenters. The molecule has 1 aliphatic rings. The van der Waals surface area contributed by atoms with Crippen LogP contribution in [0.25, 0.3) is 5.76 Å². The van der Waals surface area contributed by atoms with Crippen LogP contribution >= 0.6 is 46.3 Å².